The Kier molecular flexibility index (Phi) is 7.25. The maximum Gasteiger partial charge on any atom is 0.238 e. The number of hydrogen-bond donors (Lipinski definition) is 0. The van der Waals surface area contributed by atoms with Crippen LogP contribution in [0.4, 0.5) is 0 Å². The molecule has 1 atom stereocenters. The zero-order valence-electron chi connectivity index (χ0n) is 22.6. The Balaban J connectivity index is 1.33. The van der Waals surface area contributed by atoms with E-state index in [0.717, 1.165) is 33.5 Å². The van der Waals surface area contributed by atoms with Gasteiger partial charge in [0.2, 0.25) is 5.88 Å². The van der Waals surface area contributed by atoms with Crippen molar-refractivity contribution in [3.05, 3.63) is 156 Å². The van der Waals surface area contributed by atoms with E-state index in [9.17, 15) is 4.79 Å². The molecule has 4 aromatic carbocycles. The topological polar surface area (TPSA) is 61.3 Å². The minimum absolute atomic E-state index is 0.0402. The summed E-state index contributed by atoms with van der Waals surface area (Å²) in [7, 11) is 1.68. The van der Waals surface area contributed by atoms with Gasteiger partial charge in [-0.3, -0.25) is 4.79 Å². The fourth-order valence-electron chi connectivity index (χ4n) is 5.14. The molecular weight excluding hydrogens is 508 g/mol. The van der Waals surface area contributed by atoms with E-state index in [1.54, 1.807) is 19.4 Å². The van der Waals surface area contributed by atoms with Crippen molar-refractivity contribution in [1.29, 1.82) is 0 Å². The van der Waals surface area contributed by atoms with Crippen molar-refractivity contribution in [1.82, 2.24) is 9.97 Å². The summed E-state index contributed by atoms with van der Waals surface area (Å²) >= 11 is 0. The second kappa shape index (κ2) is 11.4. The molecule has 1 aliphatic carbocycles. The molecule has 0 saturated carbocycles. The molecule has 1 unspecified atom stereocenters. The van der Waals surface area contributed by atoms with E-state index < -0.39 is 5.41 Å². The van der Waals surface area contributed by atoms with Crippen molar-refractivity contribution >= 4 is 22.4 Å². The lowest BCUT2D eigenvalue weighted by atomic mass is 9.71. The number of aromatic nitrogens is 2. The van der Waals surface area contributed by atoms with E-state index in [1.165, 1.54) is 0 Å². The molecule has 41 heavy (non-hydrogen) atoms. The van der Waals surface area contributed by atoms with Crippen LogP contribution in [0.25, 0.3) is 16.6 Å². The van der Waals surface area contributed by atoms with Gasteiger partial charge in [0, 0.05) is 16.5 Å². The second-order valence-corrected chi connectivity index (χ2v) is 9.86. The number of ketones is 1. The number of benzene rings is 4. The number of allylic oxidation sites excluding steroid dienone is 6. The molecule has 0 radical (unpaired) electrons. The Morgan fingerprint density at radius 2 is 1.59 bits per heavy atom. The summed E-state index contributed by atoms with van der Waals surface area (Å²) in [6.45, 7) is 0. The fraction of sp³-hybridized carbons (Fsp3) is 0.0833. The first-order valence-corrected chi connectivity index (χ1v) is 13.4. The van der Waals surface area contributed by atoms with Crippen molar-refractivity contribution in [3.8, 4) is 17.4 Å². The molecule has 0 spiro atoms. The van der Waals surface area contributed by atoms with Crippen LogP contribution >= 0.6 is 0 Å². The Bertz CT molecular complexity index is 1790. The average Bonchev–Trinajstić information content (AvgIpc) is 3.04. The van der Waals surface area contributed by atoms with Crippen molar-refractivity contribution < 1.29 is 14.3 Å². The number of carbonyl (C=O) groups excluding carboxylic acids is 1. The summed E-state index contributed by atoms with van der Waals surface area (Å²) in [5.74, 6) is 1.85. The van der Waals surface area contributed by atoms with Gasteiger partial charge in [-0.2, -0.15) is 0 Å². The van der Waals surface area contributed by atoms with Crippen LogP contribution < -0.4 is 9.47 Å². The monoisotopic (exact) mass is 536 g/mol. The van der Waals surface area contributed by atoms with Crippen molar-refractivity contribution in [2.75, 3.05) is 7.11 Å². The highest BCUT2D eigenvalue weighted by molar-refractivity contribution is 6.04. The molecule has 0 fully saturated rings. The Hall–Kier alpha value is -5.29. The number of para-hydroxylation sites is 3. The van der Waals surface area contributed by atoms with Gasteiger partial charge in [-0.15, -0.1) is 0 Å². The van der Waals surface area contributed by atoms with E-state index in [-0.39, 0.29) is 5.78 Å². The van der Waals surface area contributed by atoms with Gasteiger partial charge < -0.3 is 9.47 Å². The molecule has 5 nitrogen and oxygen atoms in total. The Morgan fingerprint density at radius 1 is 0.854 bits per heavy atom. The molecule has 6 rings (SSSR count). The summed E-state index contributed by atoms with van der Waals surface area (Å²) in [5, 5.41) is 0. The molecule has 1 aliphatic rings. The van der Waals surface area contributed by atoms with Crippen LogP contribution in [-0.4, -0.2) is 22.9 Å². The summed E-state index contributed by atoms with van der Waals surface area (Å²) in [5.41, 5.74) is 4.86. The number of ether oxygens (including phenoxy) is 2. The molecule has 200 valence electrons. The summed E-state index contributed by atoms with van der Waals surface area (Å²) in [4.78, 5) is 22.1. The molecule has 0 bridgehead atoms. The molecular formula is C36H28N2O3. The highest BCUT2D eigenvalue weighted by Gasteiger charge is 2.31. The zero-order valence-corrected chi connectivity index (χ0v) is 22.6. The molecule has 0 saturated heterocycles. The molecule has 1 aromatic heterocycles. The maximum atomic E-state index is 13.1. The molecule has 5 heteroatoms. The minimum atomic E-state index is -0.559. The minimum Gasteiger partial charge on any atom is -0.496 e. The van der Waals surface area contributed by atoms with Crippen molar-refractivity contribution in [3.63, 3.8) is 0 Å². The normalized spacial score (nSPS) is 16.5. The van der Waals surface area contributed by atoms with Crippen molar-refractivity contribution in [2.24, 2.45) is 0 Å². The third-order valence-electron chi connectivity index (χ3n) is 7.26. The molecule has 1 heterocycles. The summed E-state index contributed by atoms with van der Waals surface area (Å²) in [6.07, 6.45) is 12.3. The van der Waals surface area contributed by atoms with Crippen LogP contribution in [0.3, 0.4) is 0 Å². The first kappa shape index (κ1) is 26.0. The van der Waals surface area contributed by atoms with Gasteiger partial charge in [-0.05, 0) is 54.0 Å². The lowest BCUT2D eigenvalue weighted by Gasteiger charge is -2.32. The first-order valence-electron chi connectivity index (χ1n) is 13.4. The molecule has 5 aromatic rings. The third-order valence-corrected chi connectivity index (χ3v) is 7.26. The zero-order chi connectivity index (χ0) is 28.1. The molecule has 0 N–H and O–H groups in total. The largest absolute Gasteiger partial charge is 0.496 e. The quantitative estimate of drug-likeness (QED) is 0.148. The van der Waals surface area contributed by atoms with Gasteiger partial charge in [0.15, 0.2) is 5.78 Å². The van der Waals surface area contributed by atoms with E-state index in [4.69, 9.17) is 9.47 Å². The Labute approximate surface area is 239 Å². The maximum absolute atomic E-state index is 13.1. The lowest BCUT2D eigenvalue weighted by Crippen LogP contribution is -2.23. The number of methoxy groups -OCH3 is 1. The fourth-order valence-corrected chi connectivity index (χ4v) is 5.14. The van der Waals surface area contributed by atoms with Gasteiger partial charge in [0.05, 0.1) is 24.3 Å². The van der Waals surface area contributed by atoms with E-state index in [0.29, 0.717) is 23.6 Å². The number of rotatable bonds is 8. The van der Waals surface area contributed by atoms with Gasteiger partial charge in [0.25, 0.3) is 0 Å². The van der Waals surface area contributed by atoms with Crippen LogP contribution in [0.2, 0.25) is 0 Å². The van der Waals surface area contributed by atoms with Crippen molar-refractivity contribution in [2.45, 2.75) is 11.8 Å². The second-order valence-electron chi connectivity index (χ2n) is 9.86. The smallest absolute Gasteiger partial charge is 0.238 e. The molecule has 0 aliphatic heterocycles. The highest BCUT2D eigenvalue weighted by atomic mass is 16.5. The van der Waals surface area contributed by atoms with E-state index in [1.807, 2.05) is 103 Å². The van der Waals surface area contributed by atoms with Crippen LogP contribution in [0.5, 0.6) is 17.4 Å². The molecule has 0 amide bonds. The van der Waals surface area contributed by atoms with Crippen LogP contribution in [0.15, 0.2) is 140 Å². The first-order chi connectivity index (χ1) is 20.1. The summed E-state index contributed by atoms with van der Waals surface area (Å²) in [6, 6.07) is 32.9. The number of fused-ring (bicyclic) bond motifs is 1. The van der Waals surface area contributed by atoms with E-state index >= 15 is 0 Å². The predicted octanol–water partition coefficient (Wildman–Crippen LogP) is 8.15. The summed E-state index contributed by atoms with van der Waals surface area (Å²) < 4.78 is 11.7. The van der Waals surface area contributed by atoms with Gasteiger partial charge in [-0.25, -0.2) is 9.97 Å². The SMILES string of the molecule is COc1ccccc1C1=CC=CC(C=CC(=O)c2ccccc2)(c2ccc(Oc3cnc4ccccc4n3)cc2)C1. The standard InChI is InChI=1S/C36H28N2O3/c1-40-34-16-8-5-13-30(34)27-12-9-22-36(24-27,23-21-33(39)26-10-3-2-4-11-26)28-17-19-29(20-18-28)41-35-25-37-31-14-6-7-15-32(31)38-35/h2-23,25H,24H2,1H3. The van der Waals surface area contributed by atoms with Crippen LogP contribution in [-0.2, 0) is 5.41 Å². The number of hydrogen-bond acceptors (Lipinski definition) is 5. The van der Waals surface area contributed by atoms with Gasteiger partial charge in [0.1, 0.15) is 11.5 Å². The third kappa shape index (κ3) is 5.56. The lowest BCUT2D eigenvalue weighted by molar-refractivity contribution is 0.104. The Morgan fingerprint density at radius 3 is 2.39 bits per heavy atom. The van der Waals surface area contributed by atoms with Crippen LogP contribution in [0.1, 0.15) is 27.9 Å². The van der Waals surface area contributed by atoms with Crippen LogP contribution in [0, 0.1) is 0 Å². The highest BCUT2D eigenvalue weighted by Crippen LogP contribution is 2.43. The van der Waals surface area contributed by atoms with Gasteiger partial charge >= 0.3 is 0 Å². The number of carbonyl (C=O) groups is 1. The predicted molar refractivity (Wildman–Crippen MR) is 162 cm³/mol. The number of nitrogens with zero attached hydrogens (tertiary/aromatic N) is 2. The average molecular weight is 537 g/mol. The van der Waals surface area contributed by atoms with Gasteiger partial charge in [-0.1, -0.05) is 97.1 Å². The van der Waals surface area contributed by atoms with E-state index in [2.05, 4.69) is 34.3 Å².